The highest BCUT2D eigenvalue weighted by Crippen LogP contribution is 2.20. The fraction of sp³-hybridized carbons (Fsp3) is 0.0667. The highest BCUT2D eigenvalue weighted by atomic mass is 35.5. The zero-order chi connectivity index (χ0) is 16.6. The van der Waals surface area contributed by atoms with Crippen LogP contribution in [0.3, 0.4) is 0 Å². The number of H-pyrrole nitrogens is 1. The third-order valence-electron chi connectivity index (χ3n) is 3.31. The van der Waals surface area contributed by atoms with Crippen LogP contribution in [-0.4, -0.2) is 30.8 Å². The van der Waals surface area contributed by atoms with Crippen LogP contribution in [0.15, 0.2) is 35.3 Å². The van der Waals surface area contributed by atoms with Crippen molar-refractivity contribution >= 4 is 39.6 Å². The molecule has 0 bridgehead atoms. The van der Waals surface area contributed by atoms with Gasteiger partial charge in [0.1, 0.15) is 0 Å². The molecule has 2 heterocycles. The molecule has 3 rings (SSSR count). The number of carboxylic acids is 1. The van der Waals surface area contributed by atoms with Crippen molar-refractivity contribution in [3.05, 3.63) is 57.9 Å². The van der Waals surface area contributed by atoms with Gasteiger partial charge in [0.2, 0.25) is 0 Å². The van der Waals surface area contributed by atoms with Crippen LogP contribution in [0, 0.1) is 0 Å². The first-order valence-electron chi connectivity index (χ1n) is 6.58. The minimum absolute atomic E-state index is 0.0493. The van der Waals surface area contributed by atoms with Crippen molar-refractivity contribution < 1.29 is 9.90 Å². The lowest BCUT2D eigenvalue weighted by molar-refractivity contribution is 0.0697. The van der Waals surface area contributed by atoms with Crippen molar-refractivity contribution in [2.45, 2.75) is 0 Å². The number of hydrogen-bond donors (Lipinski definition) is 2. The molecule has 3 aromatic rings. The number of benzene rings is 1. The molecule has 0 amide bonds. The second-order valence-electron chi connectivity index (χ2n) is 4.82. The number of aromatic nitrogens is 4. The zero-order valence-electron chi connectivity index (χ0n) is 11.9. The van der Waals surface area contributed by atoms with E-state index in [9.17, 15) is 9.59 Å². The first kappa shape index (κ1) is 15.0. The molecular weight excluding hydrogens is 320 g/mol. The summed E-state index contributed by atoms with van der Waals surface area (Å²) in [6, 6.07) is 5.87. The van der Waals surface area contributed by atoms with Crippen LogP contribution in [0.1, 0.15) is 21.9 Å². The summed E-state index contributed by atoms with van der Waals surface area (Å²) in [5.74, 6) is -0.931. The number of carboxylic acid groups (broad SMARTS) is 1. The van der Waals surface area contributed by atoms with Gasteiger partial charge in [0.05, 0.1) is 27.2 Å². The molecule has 2 aromatic heterocycles. The van der Waals surface area contributed by atoms with E-state index < -0.39 is 11.5 Å². The summed E-state index contributed by atoms with van der Waals surface area (Å²) in [5.41, 5.74) is 0.657. The van der Waals surface area contributed by atoms with E-state index in [0.717, 1.165) is 5.69 Å². The van der Waals surface area contributed by atoms with Gasteiger partial charge < -0.3 is 10.1 Å². The lowest BCUT2D eigenvalue weighted by Gasteiger charge is -2.03. The van der Waals surface area contributed by atoms with E-state index in [-0.39, 0.29) is 21.9 Å². The molecule has 116 valence electrons. The minimum atomic E-state index is -1.09. The van der Waals surface area contributed by atoms with Gasteiger partial charge in [0, 0.05) is 13.2 Å². The number of hydrogen-bond acceptors (Lipinski definition) is 4. The molecule has 0 saturated heterocycles. The van der Waals surface area contributed by atoms with Gasteiger partial charge in [0.25, 0.3) is 5.56 Å². The van der Waals surface area contributed by atoms with Crippen molar-refractivity contribution in [3.8, 4) is 0 Å². The summed E-state index contributed by atoms with van der Waals surface area (Å²) >= 11 is 6.22. The van der Waals surface area contributed by atoms with Gasteiger partial charge >= 0.3 is 5.97 Å². The first-order chi connectivity index (χ1) is 11.0. The van der Waals surface area contributed by atoms with Crippen molar-refractivity contribution in [3.63, 3.8) is 0 Å². The molecule has 8 heteroatoms. The molecule has 0 radical (unpaired) electrons. The number of halogens is 1. The second kappa shape index (κ2) is 5.69. The molecular formula is C15H11ClN4O3. The van der Waals surface area contributed by atoms with Gasteiger partial charge in [-0.2, -0.15) is 5.10 Å². The molecule has 0 atom stereocenters. The largest absolute Gasteiger partial charge is 0.478 e. The van der Waals surface area contributed by atoms with E-state index in [4.69, 9.17) is 16.7 Å². The number of carbonyl (C=O) groups is 1. The predicted octanol–water partition coefficient (Wildman–Crippen LogP) is 2.09. The Morgan fingerprint density at radius 2 is 2.17 bits per heavy atom. The highest BCUT2D eigenvalue weighted by molar-refractivity contribution is 6.50. The van der Waals surface area contributed by atoms with Gasteiger partial charge in [0.15, 0.2) is 5.82 Å². The molecule has 0 aliphatic carbocycles. The molecule has 0 spiro atoms. The maximum atomic E-state index is 12.1. The molecule has 0 unspecified atom stereocenters. The Kier molecular flexibility index (Phi) is 3.71. The lowest BCUT2D eigenvalue weighted by atomic mass is 10.1. The summed E-state index contributed by atoms with van der Waals surface area (Å²) < 4.78 is 1.62. The number of aryl methyl sites for hydroxylation is 1. The minimum Gasteiger partial charge on any atom is -0.478 e. The lowest BCUT2D eigenvalue weighted by Crippen LogP contribution is -2.11. The monoisotopic (exact) mass is 330 g/mol. The van der Waals surface area contributed by atoms with Crippen LogP contribution in [-0.2, 0) is 7.05 Å². The van der Waals surface area contributed by atoms with Crippen molar-refractivity contribution in [1.29, 1.82) is 0 Å². The molecule has 7 nitrogen and oxygen atoms in total. The van der Waals surface area contributed by atoms with E-state index in [1.54, 1.807) is 30.1 Å². The van der Waals surface area contributed by atoms with E-state index in [1.807, 2.05) is 0 Å². The highest BCUT2D eigenvalue weighted by Gasteiger charge is 2.10. The number of aromatic carboxylic acids is 1. The van der Waals surface area contributed by atoms with Crippen LogP contribution < -0.4 is 5.56 Å². The molecule has 1 aromatic carbocycles. The predicted molar refractivity (Wildman–Crippen MR) is 86.3 cm³/mol. The molecule has 0 fully saturated rings. The Morgan fingerprint density at radius 3 is 2.83 bits per heavy atom. The molecule has 0 saturated carbocycles. The smallest absolute Gasteiger partial charge is 0.335 e. The zero-order valence-corrected chi connectivity index (χ0v) is 12.7. The van der Waals surface area contributed by atoms with Gasteiger partial charge in [-0.1, -0.05) is 11.6 Å². The van der Waals surface area contributed by atoms with Gasteiger partial charge in [-0.25, -0.2) is 9.78 Å². The SMILES string of the molecule is Cn1nccc1C=C(Cl)c1nc2cc(C(=O)O)ccc2c(=O)[nH]1. The number of aromatic amines is 1. The molecule has 0 aliphatic heterocycles. The van der Waals surface area contributed by atoms with E-state index in [1.165, 1.54) is 18.2 Å². The van der Waals surface area contributed by atoms with Crippen molar-refractivity contribution in [1.82, 2.24) is 19.7 Å². The summed E-state index contributed by atoms with van der Waals surface area (Å²) in [5, 5.41) is 13.6. The maximum Gasteiger partial charge on any atom is 0.335 e. The normalized spacial score (nSPS) is 11.8. The van der Waals surface area contributed by atoms with Gasteiger partial charge in [-0.05, 0) is 30.3 Å². The third-order valence-corrected chi connectivity index (χ3v) is 3.60. The fourth-order valence-corrected chi connectivity index (χ4v) is 2.31. The summed E-state index contributed by atoms with van der Waals surface area (Å²) in [6.45, 7) is 0. The number of fused-ring (bicyclic) bond motifs is 1. The number of nitrogens with zero attached hydrogens (tertiary/aromatic N) is 3. The molecule has 23 heavy (non-hydrogen) atoms. The topological polar surface area (TPSA) is 101 Å². The van der Waals surface area contributed by atoms with Crippen LogP contribution >= 0.6 is 11.6 Å². The Hall–Kier alpha value is -2.93. The number of nitrogens with one attached hydrogen (secondary N) is 1. The van der Waals surface area contributed by atoms with E-state index >= 15 is 0 Å². The van der Waals surface area contributed by atoms with Crippen LogP contribution in [0.5, 0.6) is 0 Å². The van der Waals surface area contributed by atoms with Crippen LogP contribution in [0.25, 0.3) is 22.0 Å². The Labute approximate surface area is 134 Å². The Bertz CT molecular complexity index is 1000. The summed E-state index contributed by atoms with van der Waals surface area (Å²) in [4.78, 5) is 30.0. The molecule has 2 N–H and O–H groups in total. The van der Waals surface area contributed by atoms with Crippen molar-refractivity contribution in [2.75, 3.05) is 0 Å². The summed E-state index contributed by atoms with van der Waals surface area (Å²) in [7, 11) is 1.76. The summed E-state index contributed by atoms with van der Waals surface area (Å²) in [6.07, 6.45) is 3.23. The number of rotatable bonds is 3. The second-order valence-corrected chi connectivity index (χ2v) is 5.23. The molecule has 0 aliphatic rings. The Balaban J connectivity index is 2.15. The van der Waals surface area contributed by atoms with Gasteiger partial charge in [-0.15, -0.1) is 0 Å². The van der Waals surface area contributed by atoms with Crippen LogP contribution in [0.2, 0.25) is 0 Å². The van der Waals surface area contributed by atoms with E-state index in [0.29, 0.717) is 5.39 Å². The maximum absolute atomic E-state index is 12.1. The fourth-order valence-electron chi connectivity index (χ4n) is 2.11. The van der Waals surface area contributed by atoms with E-state index in [2.05, 4.69) is 15.1 Å². The average molecular weight is 331 g/mol. The van der Waals surface area contributed by atoms with Gasteiger partial charge in [-0.3, -0.25) is 9.48 Å². The van der Waals surface area contributed by atoms with Crippen molar-refractivity contribution in [2.24, 2.45) is 7.05 Å². The quantitative estimate of drug-likeness (QED) is 0.765. The third kappa shape index (κ3) is 2.86. The van der Waals surface area contributed by atoms with Crippen LogP contribution in [0.4, 0.5) is 0 Å². The first-order valence-corrected chi connectivity index (χ1v) is 6.96. The standard InChI is InChI=1S/C15H11ClN4O3/c1-20-9(4-5-17-20)7-11(16)13-18-12-6-8(15(22)23)2-3-10(12)14(21)19-13/h2-7H,1H3,(H,22,23)(H,18,19,21). The Morgan fingerprint density at radius 1 is 1.39 bits per heavy atom. The average Bonchev–Trinajstić information content (AvgIpc) is 2.91.